The van der Waals surface area contributed by atoms with E-state index in [9.17, 15) is 14.4 Å². The van der Waals surface area contributed by atoms with Gasteiger partial charge >= 0.3 is 17.9 Å². The first-order chi connectivity index (χ1) is 38.5. The lowest BCUT2D eigenvalue weighted by Gasteiger charge is -2.18. The fourth-order valence-corrected chi connectivity index (χ4v) is 8.84. The van der Waals surface area contributed by atoms with E-state index in [2.05, 4.69) is 142 Å². The Kier molecular flexibility index (Phi) is 61.8. The Labute approximate surface area is 482 Å². The van der Waals surface area contributed by atoms with Gasteiger partial charge in [0.2, 0.25) is 0 Å². The quantitative estimate of drug-likeness (QED) is 0.0261. The molecule has 0 N–H and O–H groups in total. The van der Waals surface area contributed by atoms with Crippen LogP contribution in [0.25, 0.3) is 0 Å². The molecule has 0 aromatic rings. The average molecular weight is 1080 g/mol. The van der Waals surface area contributed by atoms with Gasteiger partial charge in [-0.1, -0.05) is 284 Å². The van der Waals surface area contributed by atoms with Crippen molar-refractivity contribution in [3.05, 3.63) is 122 Å². The smallest absolute Gasteiger partial charge is 0.306 e. The summed E-state index contributed by atoms with van der Waals surface area (Å²) in [5.74, 6) is -0.902. The normalized spacial score (nSPS) is 12.9. The van der Waals surface area contributed by atoms with Crippen molar-refractivity contribution in [1.82, 2.24) is 0 Å². The van der Waals surface area contributed by atoms with Gasteiger partial charge in [0.15, 0.2) is 6.10 Å². The zero-order chi connectivity index (χ0) is 56.4. The van der Waals surface area contributed by atoms with E-state index in [1.165, 1.54) is 128 Å². The largest absolute Gasteiger partial charge is 0.462 e. The second-order valence-electron chi connectivity index (χ2n) is 21.3. The highest BCUT2D eigenvalue weighted by molar-refractivity contribution is 5.71. The molecule has 0 spiro atoms. The van der Waals surface area contributed by atoms with E-state index >= 15 is 0 Å². The lowest BCUT2D eigenvalue weighted by Crippen LogP contribution is -2.30. The summed E-state index contributed by atoms with van der Waals surface area (Å²) in [7, 11) is 0. The zero-order valence-corrected chi connectivity index (χ0v) is 50.9. The number of esters is 3. The van der Waals surface area contributed by atoms with Gasteiger partial charge in [-0.15, -0.1) is 0 Å². The zero-order valence-electron chi connectivity index (χ0n) is 50.9. The number of hydrogen-bond donors (Lipinski definition) is 0. The van der Waals surface area contributed by atoms with Crippen LogP contribution < -0.4 is 0 Å². The number of ether oxygens (including phenoxy) is 3. The molecule has 0 saturated heterocycles. The predicted molar refractivity (Wildman–Crippen MR) is 339 cm³/mol. The first-order valence-corrected chi connectivity index (χ1v) is 32.5. The second-order valence-corrected chi connectivity index (χ2v) is 21.3. The second kappa shape index (κ2) is 65.3. The first-order valence-electron chi connectivity index (χ1n) is 32.5. The van der Waals surface area contributed by atoms with Gasteiger partial charge < -0.3 is 14.2 Å². The van der Waals surface area contributed by atoms with Crippen LogP contribution in [-0.4, -0.2) is 37.2 Å². The third-order valence-corrected chi connectivity index (χ3v) is 13.7. The topological polar surface area (TPSA) is 78.9 Å². The molecule has 0 aliphatic heterocycles. The highest BCUT2D eigenvalue weighted by atomic mass is 16.6. The Bertz CT molecular complexity index is 1620. The Hall–Kier alpha value is -4.19. The van der Waals surface area contributed by atoms with Gasteiger partial charge in [-0.25, -0.2) is 0 Å². The minimum atomic E-state index is -0.784. The molecular formula is C72H120O6. The molecule has 0 fully saturated rings. The highest BCUT2D eigenvalue weighted by Crippen LogP contribution is 2.16. The number of hydrogen-bond acceptors (Lipinski definition) is 6. The summed E-state index contributed by atoms with van der Waals surface area (Å²) < 4.78 is 16.8. The first kappa shape index (κ1) is 73.8. The fraction of sp³-hybridized carbons (Fsp3) is 0.681. The van der Waals surface area contributed by atoms with E-state index in [4.69, 9.17) is 14.2 Å². The van der Waals surface area contributed by atoms with Crippen molar-refractivity contribution >= 4 is 17.9 Å². The molecule has 0 aliphatic carbocycles. The van der Waals surface area contributed by atoms with Crippen LogP contribution in [0.15, 0.2) is 122 Å². The number of rotatable bonds is 58. The van der Waals surface area contributed by atoms with Gasteiger partial charge in [0, 0.05) is 19.3 Å². The maximum atomic E-state index is 12.8. The summed E-state index contributed by atoms with van der Waals surface area (Å²) >= 11 is 0. The molecule has 0 amide bonds. The number of allylic oxidation sites excluding steroid dienone is 20. The Morgan fingerprint density at radius 3 is 0.808 bits per heavy atom. The molecule has 0 aliphatic rings. The van der Waals surface area contributed by atoms with Crippen LogP contribution in [0.5, 0.6) is 0 Å². The molecule has 1 atom stereocenters. The van der Waals surface area contributed by atoms with Gasteiger partial charge in [0.1, 0.15) is 13.2 Å². The molecule has 0 aromatic carbocycles. The lowest BCUT2D eigenvalue weighted by atomic mass is 10.0. The van der Waals surface area contributed by atoms with Crippen molar-refractivity contribution in [1.29, 1.82) is 0 Å². The molecule has 6 heteroatoms. The van der Waals surface area contributed by atoms with E-state index in [0.29, 0.717) is 19.3 Å². The molecule has 0 rings (SSSR count). The minimum absolute atomic E-state index is 0.0832. The van der Waals surface area contributed by atoms with Crippen LogP contribution in [0.2, 0.25) is 0 Å². The van der Waals surface area contributed by atoms with Crippen LogP contribution in [0.1, 0.15) is 297 Å². The van der Waals surface area contributed by atoms with Crippen molar-refractivity contribution < 1.29 is 28.6 Å². The van der Waals surface area contributed by atoms with Crippen LogP contribution >= 0.6 is 0 Å². The Morgan fingerprint density at radius 2 is 0.500 bits per heavy atom. The van der Waals surface area contributed by atoms with Crippen molar-refractivity contribution in [3.63, 3.8) is 0 Å². The maximum Gasteiger partial charge on any atom is 0.306 e. The van der Waals surface area contributed by atoms with Crippen LogP contribution in [0.4, 0.5) is 0 Å². The van der Waals surface area contributed by atoms with Gasteiger partial charge in [-0.05, 0) is 116 Å². The highest BCUT2D eigenvalue weighted by Gasteiger charge is 2.19. The molecule has 0 heterocycles. The predicted octanol–water partition coefficient (Wildman–Crippen LogP) is 22.4. The summed E-state index contributed by atoms with van der Waals surface area (Å²) in [6.07, 6.45) is 91.0. The van der Waals surface area contributed by atoms with Crippen LogP contribution in [0.3, 0.4) is 0 Å². The average Bonchev–Trinajstić information content (AvgIpc) is 3.44. The molecule has 6 nitrogen and oxygen atoms in total. The van der Waals surface area contributed by atoms with E-state index in [1.807, 2.05) is 0 Å². The molecular weight excluding hydrogens is 961 g/mol. The molecule has 444 valence electrons. The van der Waals surface area contributed by atoms with E-state index < -0.39 is 6.10 Å². The summed E-state index contributed by atoms with van der Waals surface area (Å²) in [6, 6.07) is 0. The fourth-order valence-electron chi connectivity index (χ4n) is 8.84. The van der Waals surface area contributed by atoms with Gasteiger partial charge in [-0.3, -0.25) is 14.4 Å². The summed E-state index contributed by atoms with van der Waals surface area (Å²) in [6.45, 7) is 6.44. The third kappa shape index (κ3) is 62.7. The van der Waals surface area contributed by atoms with E-state index in [1.54, 1.807) is 0 Å². The molecule has 1 unspecified atom stereocenters. The van der Waals surface area contributed by atoms with Crippen molar-refractivity contribution in [2.45, 2.75) is 303 Å². The van der Waals surface area contributed by atoms with Crippen molar-refractivity contribution in [3.8, 4) is 0 Å². The molecule has 78 heavy (non-hydrogen) atoms. The Balaban J connectivity index is 4.06. The number of unbranched alkanes of at least 4 members (excludes halogenated alkanes) is 27. The third-order valence-electron chi connectivity index (χ3n) is 13.7. The van der Waals surface area contributed by atoms with Gasteiger partial charge in [-0.2, -0.15) is 0 Å². The number of carbonyl (C=O) groups excluding carboxylic acids is 3. The van der Waals surface area contributed by atoms with Crippen LogP contribution in [-0.2, 0) is 28.6 Å². The molecule has 0 radical (unpaired) electrons. The van der Waals surface area contributed by atoms with Gasteiger partial charge in [0.25, 0.3) is 0 Å². The van der Waals surface area contributed by atoms with Crippen LogP contribution in [0, 0.1) is 0 Å². The van der Waals surface area contributed by atoms with Gasteiger partial charge in [0.05, 0.1) is 0 Å². The van der Waals surface area contributed by atoms with E-state index in [-0.39, 0.29) is 31.1 Å². The summed E-state index contributed by atoms with van der Waals surface area (Å²) in [5.41, 5.74) is 0. The standard InChI is InChI=1S/C72H120O6/c1-4-7-10-13-16-18-20-22-24-26-28-29-30-31-32-33-34-35-36-37-38-39-40-41-42-43-45-46-48-50-52-54-56-59-62-65-71(74)77-68-69(67-76-70(73)64-61-58-15-12-9-6-3)78-72(75)66-63-60-57-55-53-51-49-47-44-27-25-23-21-19-17-14-11-8-5-2/h7,10,16-19,22-25,28-29,31-32,34-35,37-38,44,47,69H,4-6,8-9,11-15,20-21,26-27,30,33,36,39-43,45-46,48-68H2,1-3H3/b10-7-,18-16-,19-17-,24-22-,25-23-,29-28-,32-31-,35-34-,38-37-,47-44-. The number of carbonyl (C=O) groups is 3. The monoisotopic (exact) mass is 1080 g/mol. The molecule has 0 aromatic heterocycles. The van der Waals surface area contributed by atoms with Crippen molar-refractivity contribution in [2.75, 3.05) is 13.2 Å². The summed E-state index contributed by atoms with van der Waals surface area (Å²) in [5, 5.41) is 0. The minimum Gasteiger partial charge on any atom is -0.462 e. The molecule has 0 bridgehead atoms. The summed E-state index contributed by atoms with van der Waals surface area (Å²) in [4.78, 5) is 38.0. The lowest BCUT2D eigenvalue weighted by molar-refractivity contribution is -0.167. The Morgan fingerprint density at radius 1 is 0.269 bits per heavy atom. The molecule has 0 saturated carbocycles. The maximum absolute atomic E-state index is 12.8. The van der Waals surface area contributed by atoms with E-state index in [0.717, 1.165) is 128 Å². The SMILES string of the molecule is CC/C=C\C/C=C\C/C=C\C/C=C\C/C=C\C/C=C\C/C=C\CCCCCCCCCCCCCCCC(=O)OCC(COC(=O)CCCCCCCC)OC(=O)CCCCCCCC/C=C\C/C=C\C/C=C\CCCCC. The van der Waals surface area contributed by atoms with Crippen molar-refractivity contribution in [2.24, 2.45) is 0 Å².